The quantitative estimate of drug-likeness (QED) is 0.724. The summed E-state index contributed by atoms with van der Waals surface area (Å²) >= 11 is 6.21. The van der Waals surface area contributed by atoms with Crippen LogP contribution in [-0.4, -0.2) is 47.5 Å². The number of halogens is 1. The third kappa shape index (κ3) is 4.30. The number of aliphatic imine (C=N–C) groups is 1. The Bertz CT molecular complexity index is 962. The predicted octanol–water partition coefficient (Wildman–Crippen LogP) is 4.69. The smallest absolute Gasteiger partial charge is 0.308 e. The van der Waals surface area contributed by atoms with E-state index >= 15 is 0 Å². The summed E-state index contributed by atoms with van der Waals surface area (Å²) in [6, 6.07) is 13.1. The van der Waals surface area contributed by atoms with Crippen LogP contribution in [-0.2, 0) is 4.79 Å². The maximum Gasteiger partial charge on any atom is 0.308 e. The Kier molecular flexibility index (Phi) is 6.25. The van der Waals surface area contributed by atoms with E-state index in [1.165, 1.54) is 0 Å². The number of carboxylic acid groups (broad SMARTS) is 1. The van der Waals surface area contributed by atoms with Crippen LogP contribution >= 0.6 is 11.6 Å². The maximum absolute atomic E-state index is 11.9. The zero-order valence-electron chi connectivity index (χ0n) is 17.0. The van der Waals surface area contributed by atoms with Gasteiger partial charge in [-0.25, -0.2) is 4.99 Å². The van der Waals surface area contributed by atoms with E-state index in [4.69, 9.17) is 21.3 Å². The van der Waals surface area contributed by atoms with Gasteiger partial charge in [-0.15, -0.1) is 0 Å². The van der Waals surface area contributed by atoms with Crippen LogP contribution in [0.5, 0.6) is 11.5 Å². The molecule has 2 N–H and O–H groups in total. The number of benzene rings is 2. The van der Waals surface area contributed by atoms with Gasteiger partial charge in [0.15, 0.2) is 5.75 Å². The fourth-order valence-corrected chi connectivity index (χ4v) is 4.27. The van der Waals surface area contributed by atoms with E-state index in [0.29, 0.717) is 36.0 Å². The van der Waals surface area contributed by atoms with Crippen molar-refractivity contribution in [1.29, 1.82) is 0 Å². The van der Waals surface area contributed by atoms with E-state index in [1.807, 2.05) is 30.3 Å². The van der Waals surface area contributed by atoms with Crippen molar-refractivity contribution in [3.8, 4) is 11.5 Å². The molecule has 0 amide bonds. The van der Waals surface area contributed by atoms with E-state index in [2.05, 4.69) is 17.1 Å². The predicted molar refractivity (Wildman–Crippen MR) is 118 cm³/mol. The molecule has 0 saturated carbocycles. The molecule has 2 atom stereocenters. The summed E-state index contributed by atoms with van der Waals surface area (Å²) < 4.78 is 6.13. The number of piperazine rings is 1. The van der Waals surface area contributed by atoms with Crippen LogP contribution in [0.3, 0.4) is 0 Å². The number of rotatable bonds is 5. The van der Waals surface area contributed by atoms with Gasteiger partial charge in [0, 0.05) is 30.7 Å². The summed E-state index contributed by atoms with van der Waals surface area (Å²) in [6.07, 6.45) is 2.55. The highest BCUT2D eigenvalue weighted by Gasteiger charge is 2.33. The molecule has 2 aromatic carbocycles. The number of hydrogen-bond acceptors (Lipinski definition) is 5. The number of amidine groups is 1. The first kappa shape index (κ1) is 20.7. The molecular formula is C23H26ClN3O3. The number of ether oxygens (including phenoxy) is 1. The first-order valence-electron chi connectivity index (χ1n) is 10.4. The van der Waals surface area contributed by atoms with E-state index in [9.17, 15) is 9.90 Å². The van der Waals surface area contributed by atoms with Crippen LogP contribution in [0.15, 0.2) is 47.5 Å². The number of nitrogens with one attached hydrogen (secondary N) is 1. The molecule has 0 bridgehead atoms. The Balaban J connectivity index is 1.69. The second kappa shape index (κ2) is 9.06. The van der Waals surface area contributed by atoms with Gasteiger partial charge in [-0.2, -0.15) is 0 Å². The SMILES string of the molecule is CCCC[C@H](C(=O)O)[C@@H]1CN(C2=Nc3cc(Cl)ccc3Oc3ccccc32)CCN1. The van der Waals surface area contributed by atoms with Crippen LogP contribution in [0, 0.1) is 5.92 Å². The standard InChI is InChI=1S/C23H26ClN3O3/c1-2-3-6-16(23(28)29)19-14-27(12-11-25-19)22-17-7-4-5-8-20(17)30-21-10-9-15(24)13-18(21)26-22/h4-5,7-10,13,16,19,25H,2-3,6,11-12,14H2,1H3,(H,28,29)/t16-,19-/m0/s1. The molecule has 2 aliphatic heterocycles. The van der Waals surface area contributed by atoms with Crippen LogP contribution in [0.1, 0.15) is 31.7 Å². The summed E-state index contributed by atoms with van der Waals surface area (Å²) in [5, 5.41) is 13.8. The fraction of sp³-hybridized carbons (Fsp3) is 0.391. The van der Waals surface area contributed by atoms with Gasteiger partial charge in [-0.1, -0.05) is 43.5 Å². The molecule has 1 saturated heterocycles. The number of aliphatic carboxylic acids is 1. The Morgan fingerprint density at radius 1 is 1.33 bits per heavy atom. The molecule has 7 heteroatoms. The third-order valence-electron chi connectivity index (χ3n) is 5.67. The summed E-state index contributed by atoms with van der Waals surface area (Å²) in [4.78, 5) is 19.0. The van der Waals surface area contributed by atoms with Gasteiger partial charge in [0.1, 0.15) is 17.3 Å². The van der Waals surface area contributed by atoms with Crippen LogP contribution in [0.4, 0.5) is 5.69 Å². The molecule has 0 radical (unpaired) electrons. The lowest BCUT2D eigenvalue weighted by molar-refractivity contribution is -0.143. The van der Waals surface area contributed by atoms with E-state index in [-0.39, 0.29) is 6.04 Å². The minimum Gasteiger partial charge on any atom is -0.481 e. The minimum atomic E-state index is -0.744. The lowest BCUT2D eigenvalue weighted by atomic mass is 9.92. The largest absolute Gasteiger partial charge is 0.481 e. The number of fused-ring (bicyclic) bond motifs is 2. The highest BCUT2D eigenvalue weighted by molar-refractivity contribution is 6.31. The summed E-state index contributed by atoms with van der Waals surface area (Å²) in [7, 11) is 0. The summed E-state index contributed by atoms with van der Waals surface area (Å²) in [5.41, 5.74) is 1.57. The number of para-hydroxylation sites is 1. The summed E-state index contributed by atoms with van der Waals surface area (Å²) in [6.45, 7) is 4.09. The Morgan fingerprint density at radius 3 is 2.97 bits per heavy atom. The third-order valence-corrected chi connectivity index (χ3v) is 5.91. The van der Waals surface area contributed by atoms with Gasteiger partial charge >= 0.3 is 5.97 Å². The van der Waals surface area contributed by atoms with Crippen LogP contribution in [0.25, 0.3) is 0 Å². The van der Waals surface area contributed by atoms with Crippen molar-refractivity contribution in [3.63, 3.8) is 0 Å². The van der Waals surface area contributed by atoms with E-state index < -0.39 is 11.9 Å². The summed E-state index contributed by atoms with van der Waals surface area (Å²) in [5.74, 6) is 1.00. The number of nitrogens with zero attached hydrogens (tertiary/aromatic N) is 2. The molecule has 0 aliphatic carbocycles. The Hall–Kier alpha value is -2.57. The minimum absolute atomic E-state index is 0.138. The molecule has 2 aliphatic rings. The molecule has 0 spiro atoms. The number of unbranched alkanes of at least 4 members (excludes halogenated alkanes) is 1. The Labute approximate surface area is 181 Å². The molecule has 30 heavy (non-hydrogen) atoms. The van der Waals surface area contributed by atoms with Crippen molar-refractivity contribution in [2.75, 3.05) is 19.6 Å². The number of carboxylic acids is 1. The van der Waals surface area contributed by atoms with Crippen LogP contribution in [0.2, 0.25) is 5.02 Å². The van der Waals surface area contributed by atoms with Crippen molar-refractivity contribution in [2.45, 2.75) is 32.2 Å². The second-order valence-electron chi connectivity index (χ2n) is 7.74. The molecular weight excluding hydrogens is 402 g/mol. The zero-order chi connectivity index (χ0) is 21.1. The number of hydrogen-bond donors (Lipinski definition) is 2. The lowest BCUT2D eigenvalue weighted by Crippen LogP contribution is -2.56. The lowest BCUT2D eigenvalue weighted by Gasteiger charge is -2.38. The maximum atomic E-state index is 11.9. The average Bonchev–Trinajstić information content (AvgIpc) is 2.90. The first-order valence-corrected chi connectivity index (χ1v) is 10.8. The zero-order valence-corrected chi connectivity index (χ0v) is 17.7. The van der Waals surface area contributed by atoms with Crippen molar-refractivity contribution in [2.24, 2.45) is 10.9 Å². The number of carbonyl (C=O) groups is 1. The average molecular weight is 428 g/mol. The molecule has 0 unspecified atom stereocenters. The molecule has 158 valence electrons. The van der Waals surface area contributed by atoms with Gasteiger partial charge in [0.2, 0.25) is 0 Å². The van der Waals surface area contributed by atoms with Crippen molar-refractivity contribution in [1.82, 2.24) is 10.2 Å². The fourth-order valence-electron chi connectivity index (χ4n) is 4.10. The van der Waals surface area contributed by atoms with Gasteiger partial charge in [0.25, 0.3) is 0 Å². The molecule has 4 rings (SSSR count). The van der Waals surface area contributed by atoms with E-state index in [1.54, 1.807) is 12.1 Å². The van der Waals surface area contributed by atoms with Gasteiger partial charge in [-0.3, -0.25) is 4.79 Å². The van der Waals surface area contributed by atoms with Crippen molar-refractivity contribution < 1.29 is 14.6 Å². The van der Waals surface area contributed by atoms with Gasteiger partial charge in [-0.05, 0) is 36.8 Å². The first-order chi connectivity index (χ1) is 14.6. The van der Waals surface area contributed by atoms with Gasteiger partial charge < -0.3 is 20.1 Å². The molecule has 6 nitrogen and oxygen atoms in total. The topological polar surface area (TPSA) is 74.2 Å². The molecule has 2 aromatic rings. The normalized spacial score (nSPS) is 19.1. The molecule has 1 fully saturated rings. The Morgan fingerprint density at radius 2 is 2.17 bits per heavy atom. The molecule has 0 aromatic heterocycles. The van der Waals surface area contributed by atoms with Crippen molar-refractivity contribution in [3.05, 3.63) is 53.1 Å². The molecule has 2 heterocycles. The van der Waals surface area contributed by atoms with E-state index in [0.717, 1.165) is 36.5 Å². The monoisotopic (exact) mass is 427 g/mol. The van der Waals surface area contributed by atoms with Crippen LogP contribution < -0.4 is 10.1 Å². The highest BCUT2D eigenvalue weighted by Crippen LogP contribution is 2.39. The van der Waals surface area contributed by atoms with Gasteiger partial charge in [0.05, 0.1) is 11.5 Å². The second-order valence-corrected chi connectivity index (χ2v) is 8.18. The highest BCUT2D eigenvalue weighted by atomic mass is 35.5. The van der Waals surface area contributed by atoms with Crippen molar-refractivity contribution >= 4 is 29.1 Å².